The SMILES string of the molecule is CC(C)OC(=O)c1ccc(Cl)c(NC(=O)CSc2nnc(-c3ccc(Cl)cc3)n2C)c1. The highest BCUT2D eigenvalue weighted by molar-refractivity contribution is 7.99. The lowest BCUT2D eigenvalue weighted by Crippen LogP contribution is -2.16. The molecular formula is C21H20Cl2N4O3S. The minimum atomic E-state index is -0.481. The molecule has 0 aliphatic carbocycles. The molecule has 3 aromatic rings. The molecule has 7 nitrogen and oxygen atoms in total. The van der Waals surface area contributed by atoms with Gasteiger partial charge in [-0.2, -0.15) is 0 Å². The number of amides is 1. The molecule has 2 aromatic carbocycles. The number of nitrogens with zero attached hydrogens (tertiary/aromatic N) is 3. The van der Waals surface area contributed by atoms with Gasteiger partial charge in [-0.1, -0.05) is 35.0 Å². The van der Waals surface area contributed by atoms with E-state index in [1.54, 1.807) is 42.7 Å². The summed E-state index contributed by atoms with van der Waals surface area (Å²) in [6.07, 6.45) is -0.248. The second-order valence-electron chi connectivity index (χ2n) is 6.86. The fourth-order valence-electron chi connectivity index (χ4n) is 2.64. The Morgan fingerprint density at radius 1 is 1.13 bits per heavy atom. The average molecular weight is 479 g/mol. The van der Waals surface area contributed by atoms with Crippen LogP contribution in [0.4, 0.5) is 5.69 Å². The van der Waals surface area contributed by atoms with E-state index in [4.69, 9.17) is 27.9 Å². The lowest BCUT2D eigenvalue weighted by atomic mass is 10.2. The van der Waals surface area contributed by atoms with Gasteiger partial charge in [-0.3, -0.25) is 4.79 Å². The van der Waals surface area contributed by atoms with Crippen molar-refractivity contribution in [2.45, 2.75) is 25.1 Å². The van der Waals surface area contributed by atoms with Crippen LogP contribution >= 0.6 is 35.0 Å². The summed E-state index contributed by atoms with van der Waals surface area (Å²) in [6.45, 7) is 3.52. The van der Waals surface area contributed by atoms with Crippen molar-refractivity contribution in [3.8, 4) is 11.4 Å². The van der Waals surface area contributed by atoms with Crippen molar-refractivity contribution < 1.29 is 14.3 Å². The molecule has 31 heavy (non-hydrogen) atoms. The highest BCUT2D eigenvalue weighted by Crippen LogP contribution is 2.26. The molecule has 0 aliphatic rings. The predicted octanol–water partition coefficient (Wildman–Crippen LogP) is 5.08. The Balaban J connectivity index is 1.64. The summed E-state index contributed by atoms with van der Waals surface area (Å²) >= 11 is 13.3. The highest BCUT2D eigenvalue weighted by Gasteiger charge is 2.16. The number of carbonyl (C=O) groups excluding carboxylic acids is 2. The zero-order chi connectivity index (χ0) is 22.5. The van der Waals surface area contributed by atoms with E-state index < -0.39 is 5.97 Å². The first-order valence-electron chi connectivity index (χ1n) is 9.33. The van der Waals surface area contributed by atoms with E-state index in [2.05, 4.69) is 15.5 Å². The van der Waals surface area contributed by atoms with Gasteiger partial charge in [-0.25, -0.2) is 4.79 Å². The topological polar surface area (TPSA) is 86.1 Å². The number of benzene rings is 2. The zero-order valence-corrected chi connectivity index (χ0v) is 19.4. The number of thioether (sulfide) groups is 1. The number of ether oxygens (including phenoxy) is 1. The van der Waals surface area contributed by atoms with Gasteiger partial charge in [-0.05, 0) is 56.3 Å². The number of anilines is 1. The van der Waals surface area contributed by atoms with Crippen LogP contribution in [0.1, 0.15) is 24.2 Å². The molecule has 0 spiro atoms. The smallest absolute Gasteiger partial charge is 0.338 e. The minimum Gasteiger partial charge on any atom is -0.459 e. The minimum absolute atomic E-state index is 0.0869. The first-order chi connectivity index (χ1) is 14.7. The molecule has 1 N–H and O–H groups in total. The van der Waals surface area contributed by atoms with Gasteiger partial charge in [0, 0.05) is 17.6 Å². The lowest BCUT2D eigenvalue weighted by molar-refractivity contribution is -0.113. The zero-order valence-electron chi connectivity index (χ0n) is 17.1. The molecule has 0 bridgehead atoms. The fraction of sp³-hybridized carbons (Fsp3) is 0.238. The summed E-state index contributed by atoms with van der Waals surface area (Å²) in [4.78, 5) is 24.5. The molecule has 0 aliphatic heterocycles. The van der Waals surface area contributed by atoms with Crippen molar-refractivity contribution in [1.29, 1.82) is 0 Å². The second-order valence-corrected chi connectivity index (χ2v) is 8.64. The largest absolute Gasteiger partial charge is 0.459 e. The maximum atomic E-state index is 12.4. The molecule has 0 saturated carbocycles. The van der Waals surface area contributed by atoms with E-state index in [1.165, 1.54) is 17.8 Å². The molecule has 0 unspecified atom stereocenters. The average Bonchev–Trinajstić information content (AvgIpc) is 3.08. The van der Waals surface area contributed by atoms with Crippen molar-refractivity contribution in [3.05, 3.63) is 58.1 Å². The normalized spacial score (nSPS) is 10.9. The van der Waals surface area contributed by atoms with Gasteiger partial charge in [0.1, 0.15) is 0 Å². The summed E-state index contributed by atoms with van der Waals surface area (Å²) in [7, 11) is 1.82. The summed E-state index contributed by atoms with van der Waals surface area (Å²) in [5, 5.41) is 12.6. The van der Waals surface area contributed by atoms with E-state index in [1.807, 2.05) is 19.2 Å². The maximum Gasteiger partial charge on any atom is 0.338 e. The number of esters is 1. The van der Waals surface area contributed by atoms with Crippen molar-refractivity contribution in [3.63, 3.8) is 0 Å². The van der Waals surface area contributed by atoms with Gasteiger partial charge in [0.15, 0.2) is 11.0 Å². The Labute approximate surface area is 194 Å². The summed E-state index contributed by atoms with van der Waals surface area (Å²) in [6, 6.07) is 11.9. The molecule has 10 heteroatoms. The van der Waals surface area contributed by atoms with E-state index in [0.717, 1.165) is 5.56 Å². The van der Waals surface area contributed by atoms with Crippen LogP contribution in [0.25, 0.3) is 11.4 Å². The van der Waals surface area contributed by atoms with Crippen LogP contribution in [0.15, 0.2) is 47.6 Å². The Morgan fingerprint density at radius 2 is 1.84 bits per heavy atom. The molecule has 1 amide bonds. The van der Waals surface area contributed by atoms with Crippen LogP contribution in [0.3, 0.4) is 0 Å². The van der Waals surface area contributed by atoms with Crippen molar-refractivity contribution >= 4 is 52.5 Å². The molecule has 162 valence electrons. The number of halogens is 2. The van der Waals surface area contributed by atoms with Crippen LogP contribution in [-0.4, -0.2) is 38.5 Å². The molecule has 0 atom stereocenters. The monoisotopic (exact) mass is 478 g/mol. The predicted molar refractivity (Wildman–Crippen MR) is 123 cm³/mol. The first-order valence-corrected chi connectivity index (χ1v) is 11.1. The standard InChI is InChI=1S/C21H20Cl2N4O3S/c1-12(2)30-20(29)14-6-9-16(23)17(10-14)24-18(28)11-31-21-26-25-19(27(21)3)13-4-7-15(22)8-5-13/h4-10,12H,11H2,1-3H3,(H,24,28). The molecule has 1 aromatic heterocycles. The molecule has 0 fully saturated rings. The van der Waals surface area contributed by atoms with Crippen molar-refractivity contribution in [2.75, 3.05) is 11.1 Å². The number of hydrogen-bond acceptors (Lipinski definition) is 6. The molecule has 0 radical (unpaired) electrons. The van der Waals surface area contributed by atoms with E-state index >= 15 is 0 Å². The fourth-order valence-corrected chi connectivity index (χ4v) is 3.64. The third-order valence-electron chi connectivity index (χ3n) is 4.09. The summed E-state index contributed by atoms with van der Waals surface area (Å²) < 4.78 is 6.98. The van der Waals surface area contributed by atoms with Crippen LogP contribution in [0, 0.1) is 0 Å². The highest BCUT2D eigenvalue weighted by atomic mass is 35.5. The summed E-state index contributed by atoms with van der Waals surface area (Å²) in [5.74, 6) is -0.0227. The van der Waals surface area contributed by atoms with Gasteiger partial charge in [0.2, 0.25) is 5.91 Å². The third kappa shape index (κ3) is 6.00. The van der Waals surface area contributed by atoms with Gasteiger partial charge in [0.05, 0.1) is 28.1 Å². The molecule has 0 saturated heterocycles. The first kappa shape index (κ1) is 23.1. The van der Waals surface area contributed by atoms with Gasteiger partial charge < -0.3 is 14.6 Å². The third-order valence-corrected chi connectivity index (χ3v) is 5.69. The molecule has 1 heterocycles. The van der Waals surface area contributed by atoms with Crippen molar-refractivity contribution in [2.24, 2.45) is 7.05 Å². The number of nitrogens with one attached hydrogen (secondary N) is 1. The van der Waals surface area contributed by atoms with Crippen LogP contribution in [0.5, 0.6) is 0 Å². The van der Waals surface area contributed by atoms with E-state index in [9.17, 15) is 9.59 Å². The Hall–Kier alpha value is -2.55. The molecule has 3 rings (SSSR count). The number of hydrogen-bond donors (Lipinski definition) is 1. The summed E-state index contributed by atoms with van der Waals surface area (Å²) in [5.41, 5.74) is 1.51. The molecular weight excluding hydrogens is 459 g/mol. The van der Waals surface area contributed by atoms with Crippen LogP contribution in [0.2, 0.25) is 10.0 Å². The van der Waals surface area contributed by atoms with E-state index in [-0.39, 0.29) is 17.8 Å². The quantitative estimate of drug-likeness (QED) is 0.376. The van der Waals surface area contributed by atoms with Crippen LogP contribution < -0.4 is 5.32 Å². The second kappa shape index (κ2) is 10.2. The Kier molecular flexibility index (Phi) is 7.59. The number of carbonyl (C=O) groups is 2. The maximum absolute atomic E-state index is 12.4. The van der Waals surface area contributed by atoms with Crippen molar-refractivity contribution in [1.82, 2.24) is 14.8 Å². The van der Waals surface area contributed by atoms with E-state index in [0.29, 0.717) is 32.3 Å². The number of rotatable bonds is 7. The van der Waals surface area contributed by atoms with Gasteiger partial charge >= 0.3 is 5.97 Å². The van der Waals surface area contributed by atoms with Gasteiger partial charge in [0.25, 0.3) is 0 Å². The number of aromatic nitrogens is 3. The van der Waals surface area contributed by atoms with Crippen LogP contribution in [-0.2, 0) is 16.6 Å². The van der Waals surface area contributed by atoms with Gasteiger partial charge in [-0.15, -0.1) is 10.2 Å². The Bertz CT molecular complexity index is 1100. The Morgan fingerprint density at radius 3 is 2.52 bits per heavy atom. The lowest BCUT2D eigenvalue weighted by Gasteiger charge is -2.11.